The van der Waals surface area contributed by atoms with Crippen molar-refractivity contribution in [3.05, 3.63) is 11.8 Å². The largest absolute Gasteiger partial charge is 0.389 e. The molecule has 1 heterocycles. The zero-order valence-electron chi connectivity index (χ0n) is 10.3. The summed E-state index contributed by atoms with van der Waals surface area (Å²) in [4.78, 5) is 0. The highest BCUT2D eigenvalue weighted by Gasteiger charge is 2.23. The van der Waals surface area contributed by atoms with Gasteiger partial charge in [0, 0.05) is 19.2 Å². The van der Waals surface area contributed by atoms with Gasteiger partial charge >= 0.3 is 0 Å². The van der Waals surface area contributed by atoms with Crippen molar-refractivity contribution in [3.8, 4) is 12.1 Å². The maximum atomic E-state index is 8.53. The summed E-state index contributed by atoms with van der Waals surface area (Å²) in [5.41, 5.74) is 0.122. The summed E-state index contributed by atoms with van der Waals surface area (Å²) in [6, 6.07) is 3.63. The third-order valence-corrected chi connectivity index (χ3v) is 3.06. The third kappa shape index (κ3) is 4.86. The van der Waals surface area contributed by atoms with Crippen molar-refractivity contribution < 1.29 is 9.22 Å². The molecule has 5 heteroatoms. The molecule has 1 rings (SSSR count). The first-order valence-corrected chi connectivity index (χ1v) is 5.85. The molecule has 0 radical (unpaired) electrons. The lowest BCUT2D eigenvalue weighted by molar-refractivity contribution is -0.916. The summed E-state index contributed by atoms with van der Waals surface area (Å²) in [6.07, 6.45) is 2.51. The molecule has 0 unspecified atom stereocenters. The lowest BCUT2D eigenvalue weighted by atomic mass is 10.3. The van der Waals surface area contributed by atoms with Crippen LogP contribution in [0.1, 0.15) is 6.42 Å². The smallest absolute Gasteiger partial charge is 0.145 e. The predicted octanol–water partition coefficient (Wildman–Crippen LogP) is 0.374. The summed E-state index contributed by atoms with van der Waals surface area (Å²) in [5.74, 6) is 0. The van der Waals surface area contributed by atoms with E-state index in [2.05, 4.69) is 12.4 Å². The highest BCUT2D eigenvalue weighted by molar-refractivity contribution is 5.34. The van der Waals surface area contributed by atoms with Crippen molar-refractivity contribution in [2.45, 2.75) is 6.42 Å². The molecule has 1 aliphatic rings. The molecular formula is C12H19N4O+. The van der Waals surface area contributed by atoms with Crippen LogP contribution in [0.4, 0.5) is 0 Å². The van der Waals surface area contributed by atoms with Gasteiger partial charge < -0.3 is 14.5 Å². The highest BCUT2D eigenvalue weighted by atomic mass is 16.5. The number of hydrogen-bond donors (Lipinski definition) is 1. The van der Waals surface area contributed by atoms with Crippen molar-refractivity contribution in [2.24, 2.45) is 0 Å². The zero-order chi connectivity index (χ0) is 12.6. The summed E-state index contributed by atoms with van der Waals surface area (Å²) < 4.78 is 6.39. The molecule has 0 aromatic heterocycles. The first-order valence-electron chi connectivity index (χ1n) is 5.85. The molecule has 1 fully saturated rings. The first kappa shape index (κ1) is 13.5. The minimum Gasteiger partial charge on any atom is -0.389 e. The van der Waals surface area contributed by atoms with Crippen LogP contribution >= 0.6 is 0 Å². The molecule has 0 aromatic rings. The van der Waals surface area contributed by atoms with E-state index in [1.807, 2.05) is 12.1 Å². The third-order valence-electron chi connectivity index (χ3n) is 3.06. The number of hydrogen-bond acceptors (Lipinski definition) is 4. The maximum absolute atomic E-state index is 8.53. The molecule has 92 valence electrons. The Hall–Kier alpha value is -1.56. The van der Waals surface area contributed by atoms with Crippen LogP contribution in [0.2, 0.25) is 0 Å². The number of rotatable bonds is 5. The fraction of sp³-hybridized carbons (Fsp3) is 0.667. The van der Waals surface area contributed by atoms with Crippen LogP contribution in [0.5, 0.6) is 0 Å². The molecular weight excluding hydrogens is 216 g/mol. The van der Waals surface area contributed by atoms with Gasteiger partial charge in [0.15, 0.2) is 0 Å². The van der Waals surface area contributed by atoms with Gasteiger partial charge in [-0.25, -0.2) is 0 Å². The molecule has 0 saturated carbocycles. The Kier molecular flexibility index (Phi) is 5.48. The maximum Gasteiger partial charge on any atom is 0.145 e. The molecule has 0 bridgehead atoms. The standard InChI is InChI=1S/C12H19N4O/c1-16(5-7-17-8-6-16)4-2-3-15-11-12(9-13)10-14/h11,15H,2-8H2,1H3/q+1. The Morgan fingerprint density at radius 1 is 1.35 bits per heavy atom. The molecule has 0 aromatic carbocycles. The Morgan fingerprint density at radius 3 is 2.59 bits per heavy atom. The van der Waals surface area contributed by atoms with Gasteiger partial charge in [-0.3, -0.25) is 0 Å². The van der Waals surface area contributed by atoms with Crippen LogP contribution in [0, 0.1) is 22.7 Å². The molecule has 1 saturated heterocycles. The second-order valence-corrected chi connectivity index (χ2v) is 4.49. The van der Waals surface area contributed by atoms with Crippen LogP contribution in [0.15, 0.2) is 11.8 Å². The van der Waals surface area contributed by atoms with Crippen LogP contribution in [0.25, 0.3) is 0 Å². The summed E-state index contributed by atoms with van der Waals surface area (Å²) in [7, 11) is 2.24. The lowest BCUT2D eigenvalue weighted by Gasteiger charge is -2.37. The number of likely N-dealkylation sites (N-methyl/N-ethyl adjacent to an activating group) is 1. The second kappa shape index (κ2) is 6.90. The van der Waals surface area contributed by atoms with Crippen molar-refractivity contribution in [1.29, 1.82) is 10.5 Å². The van der Waals surface area contributed by atoms with E-state index in [-0.39, 0.29) is 5.57 Å². The number of allylic oxidation sites excluding steroid dienone is 1. The summed E-state index contributed by atoms with van der Waals surface area (Å²) in [5, 5.41) is 20.1. The normalized spacial score (nSPS) is 17.6. The Balaban J connectivity index is 2.18. The fourth-order valence-corrected chi connectivity index (χ4v) is 1.83. The summed E-state index contributed by atoms with van der Waals surface area (Å²) in [6.45, 7) is 5.71. The predicted molar refractivity (Wildman–Crippen MR) is 63.5 cm³/mol. The molecule has 0 spiro atoms. The average molecular weight is 235 g/mol. The van der Waals surface area contributed by atoms with Crippen molar-refractivity contribution in [3.63, 3.8) is 0 Å². The molecule has 1 N–H and O–H groups in total. The van der Waals surface area contributed by atoms with Crippen LogP contribution in [0.3, 0.4) is 0 Å². The van der Waals surface area contributed by atoms with Gasteiger partial charge in [-0.15, -0.1) is 0 Å². The molecule has 0 atom stereocenters. The van der Waals surface area contributed by atoms with E-state index < -0.39 is 0 Å². The molecule has 1 aliphatic heterocycles. The zero-order valence-corrected chi connectivity index (χ0v) is 10.3. The van der Waals surface area contributed by atoms with E-state index in [1.165, 1.54) is 6.20 Å². The highest BCUT2D eigenvalue weighted by Crippen LogP contribution is 2.07. The first-order chi connectivity index (χ1) is 8.20. The number of ether oxygens (including phenoxy) is 1. The number of nitrogens with one attached hydrogen (secondary N) is 1. The van der Waals surface area contributed by atoms with Crippen molar-refractivity contribution in [1.82, 2.24) is 5.32 Å². The van der Waals surface area contributed by atoms with Gasteiger partial charge in [-0.1, -0.05) is 0 Å². The number of nitriles is 2. The van der Waals surface area contributed by atoms with Gasteiger partial charge in [0.2, 0.25) is 0 Å². The van der Waals surface area contributed by atoms with Crippen molar-refractivity contribution >= 4 is 0 Å². The minimum absolute atomic E-state index is 0.122. The summed E-state index contributed by atoms with van der Waals surface area (Å²) >= 11 is 0. The van der Waals surface area contributed by atoms with Crippen molar-refractivity contribution in [2.75, 3.05) is 46.4 Å². The van der Waals surface area contributed by atoms with E-state index in [4.69, 9.17) is 15.3 Å². The van der Waals surface area contributed by atoms with E-state index in [0.29, 0.717) is 0 Å². The number of quaternary nitrogens is 1. The van der Waals surface area contributed by atoms with E-state index >= 15 is 0 Å². The fourth-order valence-electron chi connectivity index (χ4n) is 1.83. The number of nitrogens with zero attached hydrogens (tertiary/aromatic N) is 3. The SMILES string of the molecule is C[N+]1(CCCNC=C(C#N)C#N)CCOCC1. The second-order valence-electron chi connectivity index (χ2n) is 4.49. The Morgan fingerprint density at radius 2 is 2.00 bits per heavy atom. The van der Waals surface area contributed by atoms with Gasteiger partial charge in [-0.2, -0.15) is 10.5 Å². The number of morpholine rings is 1. The Labute approximate surface area is 102 Å². The topological polar surface area (TPSA) is 68.8 Å². The monoisotopic (exact) mass is 235 g/mol. The molecule has 0 aliphatic carbocycles. The minimum atomic E-state index is 0.122. The molecule has 0 amide bonds. The van der Waals surface area contributed by atoms with E-state index in [1.54, 1.807) is 0 Å². The quantitative estimate of drug-likeness (QED) is 0.425. The van der Waals surface area contributed by atoms with E-state index in [0.717, 1.165) is 50.3 Å². The van der Waals surface area contributed by atoms with Crippen LogP contribution in [-0.4, -0.2) is 50.9 Å². The van der Waals surface area contributed by atoms with Gasteiger partial charge in [0.25, 0.3) is 0 Å². The van der Waals surface area contributed by atoms with E-state index in [9.17, 15) is 0 Å². The lowest BCUT2D eigenvalue weighted by Crippen LogP contribution is -2.52. The van der Waals surface area contributed by atoms with Crippen LogP contribution in [-0.2, 0) is 4.74 Å². The van der Waals surface area contributed by atoms with Crippen LogP contribution < -0.4 is 5.32 Å². The van der Waals surface area contributed by atoms with Gasteiger partial charge in [0.05, 0.1) is 26.8 Å². The Bertz CT molecular complexity index is 328. The van der Waals surface area contributed by atoms with Gasteiger partial charge in [0.1, 0.15) is 30.8 Å². The average Bonchev–Trinajstić information content (AvgIpc) is 2.35. The molecule has 5 nitrogen and oxygen atoms in total. The van der Waals surface area contributed by atoms with Gasteiger partial charge in [-0.05, 0) is 0 Å². The molecule has 17 heavy (non-hydrogen) atoms.